The Morgan fingerprint density at radius 1 is 0.299 bits per heavy atom. The van der Waals surface area contributed by atoms with Crippen LogP contribution in [0.2, 0.25) is 0 Å². The van der Waals surface area contributed by atoms with Gasteiger partial charge in [0.2, 0.25) is 0 Å². The summed E-state index contributed by atoms with van der Waals surface area (Å²) in [6.07, 6.45) is 12.7. The Labute approximate surface area is 528 Å². The molecule has 0 aliphatic carbocycles. The molecule has 0 saturated carbocycles. The Morgan fingerprint density at radius 2 is 0.540 bits per heavy atom. The van der Waals surface area contributed by atoms with Crippen LogP contribution in [0.15, 0.2) is 78.9 Å². The molecule has 5 aromatic carbocycles. The van der Waals surface area contributed by atoms with E-state index in [2.05, 4.69) is 137 Å². The number of hydrogen-bond donors (Lipinski definition) is 0. The zero-order valence-corrected chi connectivity index (χ0v) is 57.7. The molecule has 0 unspecified atom stereocenters. The van der Waals surface area contributed by atoms with Gasteiger partial charge < -0.3 is 56.8 Å². The highest BCUT2D eigenvalue weighted by atomic mass is 16.5. The second-order valence-corrected chi connectivity index (χ2v) is 22.6. The molecule has 5 aromatic rings. The Bertz CT molecular complexity index is 2440. The number of rotatable bonds is 39. The van der Waals surface area contributed by atoms with Gasteiger partial charge in [0.05, 0.1) is 84.8 Å². The van der Waals surface area contributed by atoms with Gasteiger partial charge in [-0.2, -0.15) is 0 Å². The lowest BCUT2D eigenvalue weighted by molar-refractivity contribution is 0.275. The van der Waals surface area contributed by atoms with Crippen molar-refractivity contribution >= 4 is 0 Å². The minimum absolute atomic E-state index is 0.0462. The topological polar surface area (TPSA) is 111 Å². The fourth-order valence-electron chi connectivity index (χ4n) is 8.71. The Morgan fingerprint density at radius 3 is 0.816 bits per heavy atom. The summed E-state index contributed by atoms with van der Waals surface area (Å²) < 4.78 is 70.7. The highest BCUT2D eigenvalue weighted by Gasteiger charge is 2.26. The average molecular weight is 1210 g/mol. The monoisotopic (exact) mass is 1210 g/mol. The summed E-state index contributed by atoms with van der Waals surface area (Å²) in [5, 5.41) is 0. The molecular formula is C75H118O12. The van der Waals surface area contributed by atoms with E-state index in [9.17, 15) is 0 Å². The lowest BCUT2D eigenvalue weighted by atomic mass is 9.85. The lowest BCUT2D eigenvalue weighted by Crippen LogP contribution is -2.16. The normalized spacial score (nSPS) is 10.7. The maximum Gasteiger partial charge on any atom is 0.134 e. The van der Waals surface area contributed by atoms with Gasteiger partial charge in [-0.25, -0.2) is 0 Å². The summed E-state index contributed by atoms with van der Waals surface area (Å²) in [6, 6.07) is 26.2. The second-order valence-electron chi connectivity index (χ2n) is 22.6. The Hall–Kier alpha value is -6.30. The molecule has 0 radical (unpaired) electrons. The zero-order chi connectivity index (χ0) is 64.2. The Balaban J connectivity index is 0.000000397. The van der Waals surface area contributed by atoms with E-state index < -0.39 is 0 Å². The highest BCUT2D eigenvalue weighted by molar-refractivity contribution is 5.78. The van der Waals surface area contributed by atoms with Crippen molar-refractivity contribution in [3.8, 4) is 80.1 Å². The molecule has 87 heavy (non-hydrogen) atoms. The maximum atomic E-state index is 6.02. The van der Waals surface area contributed by atoms with Crippen LogP contribution in [0.25, 0.3) is 11.1 Å². The van der Waals surface area contributed by atoms with Crippen molar-refractivity contribution in [3.05, 3.63) is 95.6 Å². The van der Waals surface area contributed by atoms with Gasteiger partial charge in [-0.1, -0.05) is 155 Å². The van der Waals surface area contributed by atoms with Gasteiger partial charge >= 0.3 is 0 Å². The molecule has 0 amide bonds. The van der Waals surface area contributed by atoms with Crippen molar-refractivity contribution in [1.82, 2.24) is 0 Å². The molecule has 0 aromatic heterocycles. The van der Waals surface area contributed by atoms with E-state index in [0.717, 1.165) is 193 Å². The minimum atomic E-state index is -0.0462. The quantitative estimate of drug-likeness (QED) is 0.0373. The van der Waals surface area contributed by atoms with Crippen LogP contribution in [0.3, 0.4) is 0 Å². The molecule has 12 nitrogen and oxygen atoms in total. The van der Waals surface area contributed by atoms with Crippen LogP contribution >= 0.6 is 0 Å². The van der Waals surface area contributed by atoms with Crippen molar-refractivity contribution in [1.29, 1.82) is 0 Å². The largest absolute Gasteiger partial charge is 0.493 e. The molecule has 0 fully saturated rings. The maximum absolute atomic E-state index is 6.02. The summed E-state index contributed by atoms with van der Waals surface area (Å²) >= 11 is 0. The first kappa shape index (κ1) is 76.8. The van der Waals surface area contributed by atoms with E-state index in [0.29, 0.717) is 72.0 Å². The van der Waals surface area contributed by atoms with Crippen LogP contribution in [0.4, 0.5) is 0 Å². The summed E-state index contributed by atoms with van der Waals surface area (Å²) in [4.78, 5) is 0. The first-order valence-corrected chi connectivity index (χ1v) is 33.4. The number of ether oxygens (including phenoxy) is 12. The van der Waals surface area contributed by atoms with Crippen LogP contribution in [-0.4, -0.2) is 79.3 Å². The van der Waals surface area contributed by atoms with Gasteiger partial charge in [-0.05, 0) is 100 Å². The van der Waals surface area contributed by atoms with Crippen LogP contribution in [0.5, 0.6) is 69.0 Å². The first-order chi connectivity index (χ1) is 42.1. The molecule has 490 valence electrons. The smallest absolute Gasteiger partial charge is 0.134 e. The van der Waals surface area contributed by atoms with Crippen molar-refractivity contribution in [2.75, 3.05) is 79.3 Å². The summed E-state index contributed by atoms with van der Waals surface area (Å²) in [6.45, 7) is 46.7. The van der Waals surface area contributed by atoms with E-state index in [1.807, 2.05) is 66.7 Å². The van der Waals surface area contributed by atoms with Crippen molar-refractivity contribution in [2.45, 2.75) is 219 Å². The third kappa shape index (κ3) is 28.6. The number of hydrogen-bond acceptors (Lipinski definition) is 12. The molecule has 0 N–H and O–H groups in total. The number of benzene rings is 5. The van der Waals surface area contributed by atoms with Crippen LogP contribution in [-0.2, 0) is 11.8 Å². The summed E-state index contributed by atoms with van der Waals surface area (Å²) in [7, 11) is 0. The van der Waals surface area contributed by atoms with Crippen molar-refractivity contribution in [3.63, 3.8) is 0 Å². The standard InChI is InChI=1S/C21H28O3.C19H32O3.C18H30O3.C17H28O3/c1-4-12-22-18-15-19(23-13-5-2)21(17-10-8-7-9-11-17)20(16-18)24-14-6-3;1-7-10-20-15-13-16(21-11-8-2)18(19(4,5)6)17(14-15)22-12-9-3;1-6-9-19-15-12-16(20-10-7-2)18(14(4)5)17(13-15)21-11-8-3;1-5-9-18-14-12-16(19-10-6-2)15(8-4)17(13-14)20-11-7-3/h7-11,15-16H,4-6,12-14H2,1-3H3;13-14H,7-12H2,1-6H3;12-14H,6-11H2,1-5H3;12-13H,5-11H2,1-4H3. The fraction of sp³-hybridized carbons (Fsp3) is 0.600. The van der Waals surface area contributed by atoms with Crippen LogP contribution in [0.1, 0.15) is 224 Å². The lowest BCUT2D eigenvalue weighted by Gasteiger charge is -2.26. The van der Waals surface area contributed by atoms with Gasteiger partial charge in [0.25, 0.3) is 0 Å². The third-order valence-corrected chi connectivity index (χ3v) is 12.6. The molecule has 0 aliphatic rings. The minimum Gasteiger partial charge on any atom is -0.493 e. The SMILES string of the molecule is CCCOc1cc(OCCC)c(-c2ccccc2)c(OCCC)c1.CCCOc1cc(OCCC)c(C(C)(C)C)c(OCCC)c1.CCCOc1cc(OCCC)c(C(C)C)c(OCCC)c1.CCCOc1cc(OCCC)c(CC)c(OCCC)c1. The van der Waals surface area contributed by atoms with Gasteiger partial charge in [-0.3, -0.25) is 0 Å². The second kappa shape index (κ2) is 45.9. The van der Waals surface area contributed by atoms with Crippen LogP contribution in [0, 0.1) is 0 Å². The molecule has 0 atom stereocenters. The zero-order valence-electron chi connectivity index (χ0n) is 57.7. The molecule has 0 bridgehead atoms. The average Bonchev–Trinajstić information content (AvgIpc) is 2.95. The molecule has 5 rings (SSSR count). The van der Waals surface area contributed by atoms with E-state index in [1.54, 1.807) is 0 Å². The highest BCUT2D eigenvalue weighted by Crippen LogP contribution is 2.45. The molecule has 0 heterocycles. The Kier molecular flexibility index (Phi) is 40.5. The predicted octanol–water partition coefficient (Wildman–Crippen LogP) is 20.9. The van der Waals surface area contributed by atoms with Crippen molar-refractivity contribution < 1.29 is 56.8 Å². The third-order valence-electron chi connectivity index (χ3n) is 12.6. The molecule has 0 saturated heterocycles. The summed E-state index contributed by atoms with van der Waals surface area (Å²) in [5.41, 5.74) is 5.45. The van der Waals surface area contributed by atoms with Crippen LogP contribution < -0.4 is 56.8 Å². The molecule has 0 spiro atoms. The predicted molar refractivity (Wildman–Crippen MR) is 363 cm³/mol. The first-order valence-electron chi connectivity index (χ1n) is 33.4. The van der Waals surface area contributed by atoms with Crippen molar-refractivity contribution in [2.24, 2.45) is 0 Å². The van der Waals surface area contributed by atoms with E-state index in [-0.39, 0.29) is 5.41 Å². The molecule has 0 aliphatic heterocycles. The van der Waals surface area contributed by atoms with E-state index in [1.165, 1.54) is 0 Å². The van der Waals surface area contributed by atoms with E-state index >= 15 is 0 Å². The van der Waals surface area contributed by atoms with Gasteiger partial charge in [-0.15, -0.1) is 0 Å². The molecule has 12 heteroatoms. The van der Waals surface area contributed by atoms with Gasteiger partial charge in [0.15, 0.2) is 0 Å². The fourth-order valence-corrected chi connectivity index (χ4v) is 8.71. The summed E-state index contributed by atoms with van der Waals surface area (Å²) in [5.74, 6) is 10.6. The van der Waals surface area contributed by atoms with Gasteiger partial charge in [0, 0.05) is 65.2 Å². The van der Waals surface area contributed by atoms with E-state index in [4.69, 9.17) is 56.8 Å². The molecular weight excluding hydrogens is 1090 g/mol. The van der Waals surface area contributed by atoms with Gasteiger partial charge in [0.1, 0.15) is 69.0 Å².